The fraction of sp³-hybridized carbons (Fsp3) is 0. The van der Waals surface area contributed by atoms with Crippen molar-refractivity contribution in [3.63, 3.8) is 0 Å². The quantitative estimate of drug-likeness (QED) is 0.197. The zero-order valence-electron chi connectivity index (χ0n) is 7.16. The van der Waals surface area contributed by atoms with Crippen molar-refractivity contribution in [2.24, 2.45) is 0 Å². The Hall–Kier alpha value is 2.52. The Kier molecular flexibility index (Phi) is 16.2. The zero-order valence-corrected chi connectivity index (χ0v) is 15.9. The Balaban J connectivity index is -0.000000980. The van der Waals surface area contributed by atoms with Crippen LogP contribution in [0.15, 0.2) is 0 Å². The molecule has 0 radical (unpaired) electrons. The molecule has 0 heterocycles. The monoisotopic (exact) mass is 569 g/mol. The molecule has 100 valence electrons. The normalized spacial score (nSPS) is 13.3. The molecule has 1 unspecified atom stereocenters. The van der Waals surface area contributed by atoms with E-state index in [1.54, 1.807) is 0 Å². The molecule has 0 aromatic rings. The molecule has 0 saturated heterocycles. The van der Waals surface area contributed by atoms with Gasteiger partial charge >= 0.3 is 20.8 Å². The van der Waals surface area contributed by atoms with Crippen molar-refractivity contribution >= 4 is 32.2 Å². The van der Waals surface area contributed by atoms with Crippen LogP contribution in [0.1, 0.15) is 0 Å². The average molecular weight is 569 g/mol. The fourth-order valence-corrected chi connectivity index (χ4v) is 1.19. The van der Waals surface area contributed by atoms with Crippen molar-refractivity contribution in [1.29, 1.82) is 0 Å². The van der Waals surface area contributed by atoms with Crippen LogP contribution in [0.3, 0.4) is 0 Å². The second kappa shape index (κ2) is 11.2. The summed E-state index contributed by atoms with van der Waals surface area (Å²) in [6.07, 6.45) is 0. The van der Waals surface area contributed by atoms with Crippen LogP contribution in [-0.4, -0.2) is 30.9 Å². The summed E-state index contributed by atoms with van der Waals surface area (Å²) in [5, 5.41) is 7.55. The molecule has 0 aliphatic heterocycles. The molecule has 0 amide bonds. The number of rotatable bonds is 7. The van der Waals surface area contributed by atoms with Gasteiger partial charge in [-0.15, -0.1) is 4.33 Å². The van der Waals surface area contributed by atoms with Crippen molar-refractivity contribution in [2.45, 2.75) is 0 Å². The Morgan fingerprint density at radius 1 is 0.941 bits per heavy atom. The second-order valence-corrected chi connectivity index (χ2v) is 4.10. The molecular formula is HCe2O12S3-. The summed E-state index contributed by atoms with van der Waals surface area (Å²) in [5.41, 5.74) is 0. The van der Waals surface area contributed by atoms with E-state index in [2.05, 4.69) is 21.7 Å². The van der Waals surface area contributed by atoms with Gasteiger partial charge in [0.25, 0.3) is 0 Å². The summed E-state index contributed by atoms with van der Waals surface area (Å²) in [7, 11) is -10.4. The van der Waals surface area contributed by atoms with Crippen molar-refractivity contribution in [1.82, 2.24) is 0 Å². The third-order valence-electron chi connectivity index (χ3n) is 0.452. The second-order valence-electron chi connectivity index (χ2n) is 1.37. The Morgan fingerprint density at radius 3 is 1.71 bits per heavy atom. The SMILES string of the molecule is O=S([O-])OOS(=O)(=O)OOS(=O)(=O)OO.[Ce].[Ce]. The third-order valence-corrected chi connectivity index (χ3v) is 1.69. The van der Waals surface area contributed by atoms with Crippen molar-refractivity contribution in [3.05, 3.63) is 0 Å². The Morgan fingerprint density at radius 2 is 1.35 bits per heavy atom. The molecule has 0 aliphatic rings. The molecule has 1 N–H and O–H groups in total. The van der Waals surface area contributed by atoms with E-state index >= 15 is 0 Å². The summed E-state index contributed by atoms with van der Waals surface area (Å²) < 4.78 is 74.7. The molecule has 0 rings (SSSR count). The van der Waals surface area contributed by atoms with Gasteiger partial charge in [0.15, 0.2) is 0 Å². The van der Waals surface area contributed by atoms with Gasteiger partial charge in [0.2, 0.25) is 0 Å². The largest absolute Gasteiger partial charge is 0.747 e. The van der Waals surface area contributed by atoms with Crippen molar-refractivity contribution in [3.8, 4) is 0 Å². The molecule has 0 aliphatic carbocycles. The molecule has 0 fully saturated rings. The standard InChI is InChI=1S/2Ce.H2O12S3/c;;1-8-14(4,5)11-12-15(6,7)10-9-13(2)3/h;;1H,(H,2,3)/p-1. The van der Waals surface area contributed by atoms with E-state index < -0.39 is 32.2 Å². The van der Waals surface area contributed by atoms with Gasteiger partial charge < -0.3 is 4.55 Å². The molecule has 0 aromatic carbocycles. The molecule has 0 spiro atoms. The van der Waals surface area contributed by atoms with Gasteiger partial charge in [0, 0.05) is 83.5 Å². The van der Waals surface area contributed by atoms with Gasteiger partial charge in [0.1, 0.15) is 11.4 Å². The average Bonchev–Trinajstić information content (AvgIpc) is 2.13. The molecule has 0 bridgehead atoms. The minimum Gasteiger partial charge on any atom is -0.747 e. The summed E-state index contributed by atoms with van der Waals surface area (Å²) >= 11 is -3.36. The van der Waals surface area contributed by atoms with Crippen molar-refractivity contribution < 1.29 is 136 Å². The Bertz CT molecular complexity index is 403. The number of hydrogen-bond donors (Lipinski definition) is 1. The van der Waals surface area contributed by atoms with Crippen LogP contribution in [-0.2, 0) is 53.8 Å². The van der Waals surface area contributed by atoms with Gasteiger partial charge in [-0.2, -0.15) is 16.8 Å². The molecule has 1 atom stereocenters. The van der Waals surface area contributed by atoms with Gasteiger partial charge in [-0.3, -0.25) is 0 Å². The third kappa shape index (κ3) is 14.7. The van der Waals surface area contributed by atoms with Gasteiger partial charge in [-0.05, 0) is 0 Å². The first-order valence-corrected chi connectivity index (χ1v) is 6.02. The van der Waals surface area contributed by atoms with E-state index in [4.69, 9.17) is 5.26 Å². The summed E-state index contributed by atoms with van der Waals surface area (Å²) in [5.74, 6) is 0. The van der Waals surface area contributed by atoms with Gasteiger partial charge in [-0.1, -0.05) is 17.3 Å². The first-order valence-electron chi connectivity index (χ1n) is 2.35. The van der Waals surface area contributed by atoms with E-state index in [-0.39, 0.29) is 83.5 Å². The number of hydrogen-bond acceptors (Lipinski definition) is 12. The van der Waals surface area contributed by atoms with Crippen LogP contribution in [0.5, 0.6) is 0 Å². The zero-order chi connectivity index (χ0) is 12.1. The van der Waals surface area contributed by atoms with Crippen LogP contribution in [0.25, 0.3) is 0 Å². The van der Waals surface area contributed by atoms with E-state index in [1.807, 2.05) is 0 Å². The van der Waals surface area contributed by atoms with Crippen molar-refractivity contribution in [2.75, 3.05) is 0 Å². The summed E-state index contributed by atoms with van der Waals surface area (Å²) in [6, 6.07) is 0. The maximum Gasteiger partial charge on any atom is 0.455 e. The van der Waals surface area contributed by atoms with Gasteiger partial charge in [-0.25, -0.2) is 9.47 Å². The van der Waals surface area contributed by atoms with E-state index in [0.717, 1.165) is 0 Å². The minimum absolute atomic E-state index is 0. The summed E-state index contributed by atoms with van der Waals surface area (Å²) in [4.78, 5) is 0. The maximum absolute atomic E-state index is 10.3. The molecule has 12 nitrogen and oxygen atoms in total. The Labute approximate surface area is 165 Å². The van der Waals surface area contributed by atoms with Crippen LogP contribution < -0.4 is 0 Å². The van der Waals surface area contributed by atoms with E-state index in [0.29, 0.717) is 0 Å². The fourth-order valence-electron chi connectivity index (χ4n) is 0.149. The molecule has 0 aromatic heterocycles. The topological polar surface area (TPSA) is 175 Å². The minimum atomic E-state index is -5.23. The molecule has 17 heteroatoms. The molecular weight excluding hydrogens is 568 g/mol. The van der Waals surface area contributed by atoms with Gasteiger partial charge in [0.05, 0.1) is 0 Å². The summed E-state index contributed by atoms with van der Waals surface area (Å²) in [6.45, 7) is 0. The predicted molar refractivity (Wildman–Crippen MR) is 34.8 cm³/mol. The van der Waals surface area contributed by atoms with E-state index in [1.165, 1.54) is 0 Å². The molecule has 0 saturated carbocycles. The maximum atomic E-state index is 10.3. The first-order chi connectivity index (χ1) is 6.68. The van der Waals surface area contributed by atoms with Crippen LogP contribution in [0.4, 0.5) is 0 Å². The predicted octanol–water partition coefficient (Wildman–Crippen LogP) is -2.34. The molecule has 17 heavy (non-hydrogen) atoms. The van der Waals surface area contributed by atoms with Crippen LogP contribution in [0.2, 0.25) is 0 Å². The van der Waals surface area contributed by atoms with Crippen LogP contribution >= 0.6 is 0 Å². The van der Waals surface area contributed by atoms with Crippen LogP contribution in [0, 0.1) is 83.5 Å². The first kappa shape index (κ1) is 24.5. The van der Waals surface area contributed by atoms with E-state index in [9.17, 15) is 25.6 Å². The smallest absolute Gasteiger partial charge is 0.455 e.